The van der Waals surface area contributed by atoms with Crippen LogP contribution in [-0.4, -0.2) is 69.7 Å². The molecule has 0 aromatic carbocycles. The van der Waals surface area contributed by atoms with Gasteiger partial charge >= 0.3 is 0 Å². The van der Waals surface area contributed by atoms with E-state index in [-0.39, 0.29) is 36.9 Å². The summed E-state index contributed by atoms with van der Waals surface area (Å²) >= 11 is 0. The lowest BCUT2D eigenvalue weighted by molar-refractivity contribution is -0.131. The fourth-order valence-electron chi connectivity index (χ4n) is 2.69. The summed E-state index contributed by atoms with van der Waals surface area (Å²) in [6.45, 7) is 3.47. The Morgan fingerprint density at radius 1 is 1.25 bits per heavy atom. The molecule has 138 valence electrons. The highest BCUT2D eigenvalue weighted by atomic mass is 32.2. The van der Waals surface area contributed by atoms with Gasteiger partial charge in [0.15, 0.2) is 0 Å². The van der Waals surface area contributed by atoms with Crippen LogP contribution in [0.2, 0.25) is 0 Å². The summed E-state index contributed by atoms with van der Waals surface area (Å²) in [6, 6.07) is -0.357. The molecule has 1 aliphatic carbocycles. The van der Waals surface area contributed by atoms with E-state index >= 15 is 0 Å². The summed E-state index contributed by atoms with van der Waals surface area (Å²) in [4.78, 5) is 24.6. The maximum atomic E-state index is 12.1. The van der Waals surface area contributed by atoms with Gasteiger partial charge in [-0.3, -0.25) is 9.59 Å². The van der Waals surface area contributed by atoms with Gasteiger partial charge in [-0.25, -0.2) is 0 Å². The van der Waals surface area contributed by atoms with Crippen LogP contribution in [0.15, 0.2) is 12.7 Å². The van der Waals surface area contributed by atoms with Gasteiger partial charge in [-0.1, -0.05) is 19.4 Å². The Balaban J connectivity index is 2.63. The number of hydrogen-bond acceptors (Lipinski definition) is 4. The lowest BCUT2D eigenvalue weighted by atomic mass is 9.99. The van der Waals surface area contributed by atoms with Crippen molar-refractivity contribution in [1.82, 2.24) is 19.2 Å². The maximum absolute atomic E-state index is 12.1. The van der Waals surface area contributed by atoms with E-state index < -0.39 is 10.2 Å². The van der Waals surface area contributed by atoms with Crippen LogP contribution >= 0.6 is 0 Å². The quantitative estimate of drug-likeness (QED) is 0.552. The molecular weight excluding hydrogens is 332 g/mol. The molecule has 8 nitrogen and oxygen atoms in total. The summed E-state index contributed by atoms with van der Waals surface area (Å²) < 4.78 is 28.0. The van der Waals surface area contributed by atoms with Crippen LogP contribution < -0.4 is 10.0 Å². The number of nitrogens with one attached hydrogen (secondary N) is 2. The van der Waals surface area contributed by atoms with Crippen molar-refractivity contribution in [1.29, 1.82) is 0 Å². The Morgan fingerprint density at radius 2 is 1.83 bits per heavy atom. The summed E-state index contributed by atoms with van der Waals surface area (Å²) in [6.07, 6.45) is 5.14. The first-order valence-corrected chi connectivity index (χ1v) is 9.45. The Hall–Kier alpha value is -1.45. The molecular formula is C15H28N4O4S. The minimum absolute atomic E-state index is 0.0946. The fourth-order valence-corrected chi connectivity index (χ4v) is 3.56. The van der Waals surface area contributed by atoms with E-state index in [0.717, 1.165) is 36.1 Å². The molecule has 1 atom stereocenters. The highest BCUT2D eigenvalue weighted by Crippen LogP contribution is 2.28. The summed E-state index contributed by atoms with van der Waals surface area (Å²) in [5.74, 6) is -0.474. The van der Waals surface area contributed by atoms with Gasteiger partial charge in [-0.15, -0.1) is 0 Å². The van der Waals surface area contributed by atoms with Gasteiger partial charge in [0.25, 0.3) is 10.2 Å². The maximum Gasteiger partial charge on any atom is 0.279 e. The third-order valence-electron chi connectivity index (χ3n) is 4.20. The SMILES string of the molecule is C=CC(=O)N(C)CC(=O)NCC(NS(=O)(=O)N(C)C)C1CCCC1. The molecule has 0 aromatic rings. The molecule has 2 N–H and O–H groups in total. The van der Waals surface area contributed by atoms with E-state index in [0.29, 0.717) is 0 Å². The van der Waals surface area contributed by atoms with Gasteiger partial charge in [-0.2, -0.15) is 17.4 Å². The molecule has 1 saturated carbocycles. The second-order valence-corrected chi connectivity index (χ2v) is 8.17. The Bertz CT molecular complexity index is 556. The van der Waals surface area contributed by atoms with E-state index in [2.05, 4.69) is 16.6 Å². The molecule has 1 rings (SSSR count). The van der Waals surface area contributed by atoms with Crippen LogP contribution in [0.4, 0.5) is 0 Å². The zero-order valence-corrected chi connectivity index (χ0v) is 15.4. The summed E-state index contributed by atoms with van der Waals surface area (Å²) in [5, 5.41) is 2.72. The molecule has 0 saturated heterocycles. The Labute approximate surface area is 144 Å². The van der Waals surface area contributed by atoms with E-state index in [9.17, 15) is 18.0 Å². The zero-order chi connectivity index (χ0) is 18.3. The summed E-state index contributed by atoms with van der Waals surface area (Å²) in [5.41, 5.74) is 0. The standard InChI is InChI=1S/C15H28N4O4S/c1-5-15(21)19(4)11-14(20)16-10-13(12-8-6-7-9-12)17-24(22,23)18(2)3/h5,12-13,17H,1,6-11H2,2-4H3,(H,16,20). The van der Waals surface area contributed by atoms with E-state index in [1.165, 1.54) is 26.0 Å². The monoisotopic (exact) mass is 360 g/mol. The van der Waals surface area contributed by atoms with E-state index in [4.69, 9.17) is 0 Å². The van der Waals surface area contributed by atoms with Gasteiger partial charge in [0, 0.05) is 33.7 Å². The van der Waals surface area contributed by atoms with Crippen molar-refractivity contribution >= 4 is 22.0 Å². The molecule has 0 bridgehead atoms. The van der Waals surface area contributed by atoms with Crippen LogP contribution in [-0.2, 0) is 19.8 Å². The lowest BCUT2D eigenvalue weighted by Crippen LogP contribution is -2.51. The molecule has 1 aliphatic rings. The fraction of sp³-hybridized carbons (Fsp3) is 0.733. The largest absolute Gasteiger partial charge is 0.353 e. The number of carbonyl (C=O) groups is 2. The smallest absolute Gasteiger partial charge is 0.279 e. The van der Waals surface area contributed by atoms with Crippen molar-refractivity contribution < 1.29 is 18.0 Å². The lowest BCUT2D eigenvalue weighted by Gasteiger charge is -2.26. The van der Waals surface area contributed by atoms with Gasteiger partial charge in [0.1, 0.15) is 0 Å². The molecule has 24 heavy (non-hydrogen) atoms. The number of hydrogen-bond donors (Lipinski definition) is 2. The second-order valence-electron chi connectivity index (χ2n) is 6.26. The van der Waals surface area contributed by atoms with Crippen LogP contribution in [0, 0.1) is 5.92 Å². The van der Waals surface area contributed by atoms with Crippen LogP contribution in [0.5, 0.6) is 0 Å². The van der Waals surface area contributed by atoms with E-state index in [1.54, 1.807) is 0 Å². The number of likely N-dealkylation sites (N-methyl/N-ethyl adjacent to an activating group) is 1. The van der Waals surface area contributed by atoms with Crippen molar-refractivity contribution in [2.24, 2.45) is 5.92 Å². The predicted molar refractivity (Wildman–Crippen MR) is 92.3 cm³/mol. The molecule has 0 heterocycles. The van der Waals surface area contributed by atoms with Gasteiger partial charge in [0.05, 0.1) is 6.54 Å². The van der Waals surface area contributed by atoms with Gasteiger partial charge in [0.2, 0.25) is 11.8 Å². The number of nitrogens with zero attached hydrogens (tertiary/aromatic N) is 2. The highest BCUT2D eigenvalue weighted by Gasteiger charge is 2.29. The normalized spacial score (nSPS) is 16.8. The van der Waals surface area contributed by atoms with E-state index in [1.807, 2.05) is 0 Å². The van der Waals surface area contributed by atoms with Gasteiger partial charge < -0.3 is 10.2 Å². The minimum Gasteiger partial charge on any atom is -0.353 e. The third-order valence-corrected chi connectivity index (χ3v) is 5.76. The van der Waals surface area contributed by atoms with Crippen LogP contribution in [0.3, 0.4) is 0 Å². The first kappa shape index (κ1) is 20.6. The molecule has 0 aromatic heterocycles. The molecule has 9 heteroatoms. The predicted octanol–water partition coefficient (Wildman–Crippen LogP) is -0.298. The third kappa shape index (κ3) is 6.21. The number of amides is 2. The molecule has 0 radical (unpaired) electrons. The molecule has 1 fully saturated rings. The van der Waals surface area contributed by atoms with Crippen molar-refractivity contribution in [3.8, 4) is 0 Å². The van der Waals surface area contributed by atoms with Crippen molar-refractivity contribution in [3.05, 3.63) is 12.7 Å². The van der Waals surface area contributed by atoms with Crippen molar-refractivity contribution in [2.75, 3.05) is 34.2 Å². The first-order valence-electron chi connectivity index (χ1n) is 8.01. The minimum atomic E-state index is -3.57. The number of carbonyl (C=O) groups excluding carboxylic acids is 2. The topological polar surface area (TPSA) is 98.8 Å². The molecule has 0 aliphatic heterocycles. The molecule has 1 unspecified atom stereocenters. The first-order chi connectivity index (χ1) is 11.2. The average Bonchev–Trinajstić information content (AvgIpc) is 3.04. The zero-order valence-electron chi connectivity index (χ0n) is 14.6. The summed E-state index contributed by atoms with van der Waals surface area (Å²) in [7, 11) is 0.859. The molecule has 0 spiro atoms. The van der Waals surface area contributed by atoms with Crippen LogP contribution in [0.1, 0.15) is 25.7 Å². The molecule has 2 amide bonds. The Kier molecular flexibility index (Phi) is 7.85. The second kappa shape index (κ2) is 9.14. The van der Waals surface area contributed by atoms with Gasteiger partial charge in [-0.05, 0) is 24.8 Å². The highest BCUT2D eigenvalue weighted by molar-refractivity contribution is 7.87. The Morgan fingerprint density at radius 3 is 2.33 bits per heavy atom. The van der Waals surface area contributed by atoms with Crippen molar-refractivity contribution in [2.45, 2.75) is 31.7 Å². The van der Waals surface area contributed by atoms with Crippen molar-refractivity contribution in [3.63, 3.8) is 0 Å². The van der Waals surface area contributed by atoms with Crippen LogP contribution in [0.25, 0.3) is 0 Å². The average molecular weight is 360 g/mol. The number of rotatable bonds is 9.